The Morgan fingerprint density at radius 3 is 2.77 bits per heavy atom. The van der Waals surface area contributed by atoms with Gasteiger partial charge in [0.25, 0.3) is 0 Å². The Balaban J connectivity index is 1.55. The van der Waals surface area contributed by atoms with E-state index in [4.69, 9.17) is 0 Å². The molecule has 0 bridgehead atoms. The molecule has 7 nitrogen and oxygen atoms in total. The number of rotatable bonds is 2. The second kappa shape index (κ2) is 5.53. The molecule has 114 valence electrons. The van der Waals surface area contributed by atoms with Crippen LogP contribution in [0.25, 0.3) is 5.65 Å². The minimum absolute atomic E-state index is 0.792. The van der Waals surface area contributed by atoms with Gasteiger partial charge < -0.3 is 9.80 Å². The van der Waals surface area contributed by atoms with Gasteiger partial charge in [-0.3, -0.25) is 0 Å². The van der Waals surface area contributed by atoms with E-state index in [1.807, 2.05) is 30.6 Å². The van der Waals surface area contributed by atoms with Crippen molar-refractivity contribution in [3.63, 3.8) is 0 Å². The summed E-state index contributed by atoms with van der Waals surface area (Å²) in [7, 11) is 0. The molecule has 0 radical (unpaired) electrons. The summed E-state index contributed by atoms with van der Waals surface area (Å²) in [5.41, 5.74) is 0.792. The van der Waals surface area contributed by atoms with Crippen molar-refractivity contribution >= 4 is 27.9 Å². The number of anilines is 2. The standard InChI is InChI=1S/C14H17N7S/c1-11-16-17-12-3-4-13(18-21(11)12)19-6-2-7-20(9-8-19)14-15-5-10-22-14/h3-5,10H,2,6-9H2,1H3. The molecule has 0 aromatic carbocycles. The van der Waals surface area contributed by atoms with Gasteiger partial charge >= 0.3 is 0 Å². The highest BCUT2D eigenvalue weighted by Crippen LogP contribution is 2.21. The van der Waals surface area contributed by atoms with Crippen molar-refractivity contribution in [2.24, 2.45) is 0 Å². The Labute approximate surface area is 132 Å². The fourth-order valence-electron chi connectivity index (χ4n) is 2.77. The van der Waals surface area contributed by atoms with Crippen molar-refractivity contribution in [1.82, 2.24) is 24.8 Å². The number of nitrogens with zero attached hydrogens (tertiary/aromatic N) is 7. The molecule has 1 aliphatic rings. The first-order valence-corrected chi connectivity index (χ1v) is 8.28. The molecule has 3 aromatic heterocycles. The molecule has 22 heavy (non-hydrogen) atoms. The van der Waals surface area contributed by atoms with Crippen molar-refractivity contribution in [1.29, 1.82) is 0 Å². The predicted octanol–water partition coefficient (Wildman–Crippen LogP) is 1.61. The van der Waals surface area contributed by atoms with Crippen LogP contribution in [0.15, 0.2) is 23.7 Å². The highest BCUT2D eigenvalue weighted by Gasteiger charge is 2.18. The number of hydrogen-bond donors (Lipinski definition) is 0. The van der Waals surface area contributed by atoms with Crippen LogP contribution in [0.3, 0.4) is 0 Å². The molecule has 0 atom stereocenters. The SMILES string of the molecule is Cc1nnc2ccc(N3CCCN(c4nccs4)CC3)nn12. The minimum Gasteiger partial charge on any atom is -0.353 e. The van der Waals surface area contributed by atoms with Crippen LogP contribution in [0.5, 0.6) is 0 Å². The number of hydrogen-bond acceptors (Lipinski definition) is 7. The smallest absolute Gasteiger partial charge is 0.185 e. The fraction of sp³-hybridized carbons (Fsp3) is 0.429. The van der Waals surface area contributed by atoms with Crippen molar-refractivity contribution in [3.05, 3.63) is 29.5 Å². The summed E-state index contributed by atoms with van der Waals surface area (Å²) < 4.78 is 1.80. The van der Waals surface area contributed by atoms with Gasteiger partial charge in [0.15, 0.2) is 16.6 Å². The van der Waals surface area contributed by atoms with Crippen LogP contribution in [-0.4, -0.2) is 51.0 Å². The maximum absolute atomic E-state index is 4.67. The summed E-state index contributed by atoms with van der Waals surface area (Å²) in [4.78, 5) is 9.09. The Morgan fingerprint density at radius 1 is 1.05 bits per heavy atom. The van der Waals surface area contributed by atoms with Gasteiger partial charge in [-0.05, 0) is 25.5 Å². The van der Waals surface area contributed by atoms with Crippen LogP contribution in [0.1, 0.15) is 12.2 Å². The predicted molar refractivity (Wildman–Crippen MR) is 86.7 cm³/mol. The molecule has 0 unspecified atom stereocenters. The van der Waals surface area contributed by atoms with E-state index in [1.54, 1.807) is 15.9 Å². The topological polar surface area (TPSA) is 62.5 Å². The summed E-state index contributed by atoms with van der Waals surface area (Å²) in [6, 6.07) is 4.01. The Kier molecular flexibility index (Phi) is 3.38. The first-order valence-electron chi connectivity index (χ1n) is 7.40. The van der Waals surface area contributed by atoms with E-state index in [-0.39, 0.29) is 0 Å². The van der Waals surface area contributed by atoms with E-state index in [2.05, 4.69) is 30.1 Å². The molecule has 8 heteroatoms. The average Bonchev–Trinajstić information content (AvgIpc) is 3.12. The van der Waals surface area contributed by atoms with Crippen LogP contribution in [0.4, 0.5) is 10.9 Å². The summed E-state index contributed by atoms with van der Waals surface area (Å²) in [5, 5.41) is 16.0. The number of aryl methyl sites for hydroxylation is 1. The van der Waals surface area contributed by atoms with E-state index in [0.29, 0.717) is 0 Å². The van der Waals surface area contributed by atoms with E-state index < -0.39 is 0 Å². The largest absolute Gasteiger partial charge is 0.353 e. The summed E-state index contributed by atoms with van der Waals surface area (Å²) in [6.07, 6.45) is 2.97. The third-order valence-electron chi connectivity index (χ3n) is 3.91. The second-order valence-electron chi connectivity index (χ2n) is 5.35. The molecule has 4 rings (SSSR count). The van der Waals surface area contributed by atoms with Gasteiger partial charge in [-0.1, -0.05) is 0 Å². The summed E-state index contributed by atoms with van der Waals surface area (Å²) in [6.45, 7) is 5.87. The van der Waals surface area contributed by atoms with Gasteiger partial charge in [-0.25, -0.2) is 4.98 Å². The van der Waals surface area contributed by atoms with Crippen molar-refractivity contribution in [2.75, 3.05) is 36.0 Å². The fourth-order valence-corrected chi connectivity index (χ4v) is 3.46. The van der Waals surface area contributed by atoms with Gasteiger partial charge in [-0.15, -0.1) is 26.6 Å². The van der Waals surface area contributed by atoms with Gasteiger partial charge in [0.05, 0.1) is 0 Å². The lowest BCUT2D eigenvalue weighted by Crippen LogP contribution is -2.31. The van der Waals surface area contributed by atoms with Crippen molar-refractivity contribution in [3.8, 4) is 0 Å². The quantitative estimate of drug-likeness (QED) is 0.716. The van der Waals surface area contributed by atoms with Gasteiger partial charge in [-0.2, -0.15) is 4.52 Å². The van der Waals surface area contributed by atoms with E-state index in [9.17, 15) is 0 Å². The van der Waals surface area contributed by atoms with E-state index in [0.717, 1.165) is 55.0 Å². The number of thiazole rings is 1. The van der Waals surface area contributed by atoms with Crippen molar-refractivity contribution in [2.45, 2.75) is 13.3 Å². The minimum atomic E-state index is 0.792. The molecule has 0 amide bonds. The molecular formula is C14H17N7S. The van der Waals surface area contributed by atoms with Gasteiger partial charge in [0, 0.05) is 37.8 Å². The van der Waals surface area contributed by atoms with Crippen LogP contribution < -0.4 is 9.80 Å². The molecular weight excluding hydrogens is 298 g/mol. The molecule has 3 aromatic rings. The van der Waals surface area contributed by atoms with Crippen LogP contribution in [0, 0.1) is 6.92 Å². The molecule has 4 heterocycles. The third-order valence-corrected chi connectivity index (χ3v) is 4.75. The van der Waals surface area contributed by atoms with Gasteiger partial charge in [0.1, 0.15) is 5.82 Å². The molecule has 0 spiro atoms. The molecule has 1 fully saturated rings. The molecule has 1 aliphatic heterocycles. The van der Waals surface area contributed by atoms with Gasteiger partial charge in [0.2, 0.25) is 0 Å². The number of aromatic nitrogens is 5. The molecule has 0 saturated carbocycles. The highest BCUT2D eigenvalue weighted by molar-refractivity contribution is 7.13. The maximum Gasteiger partial charge on any atom is 0.185 e. The third kappa shape index (κ3) is 2.39. The Hall–Kier alpha value is -2.22. The monoisotopic (exact) mass is 315 g/mol. The normalized spacial score (nSPS) is 16.2. The van der Waals surface area contributed by atoms with E-state index >= 15 is 0 Å². The van der Waals surface area contributed by atoms with E-state index in [1.165, 1.54) is 0 Å². The first kappa shape index (κ1) is 13.4. The zero-order valence-corrected chi connectivity index (χ0v) is 13.2. The highest BCUT2D eigenvalue weighted by atomic mass is 32.1. The van der Waals surface area contributed by atoms with Crippen LogP contribution in [-0.2, 0) is 0 Å². The lowest BCUT2D eigenvalue weighted by Gasteiger charge is -2.22. The van der Waals surface area contributed by atoms with Crippen LogP contribution >= 0.6 is 11.3 Å². The number of fused-ring (bicyclic) bond motifs is 1. The molecule has 0 N–H and O–H groups in total. The lowest BCUT2D eigenvalue weighted by atomic mass is 10.3. The zero-order chi connectivity index (χ0) is 14.9. The first-order chi connectivity index (χ1) is 10.8. The molecule has 0 aliphatic carbocycles. The summed E-state index contributed by atoms with van der Waals surface area (Å²) in [5.74, 6) is 1.80. The average molecular weight is 315 g/mol. The molecule has 1 saturated heterocycles. The Morgan fingerprint density at radius 2 is 1.91 bits per heavy atom. The van der Waals surface area contributed by atoms with Crippen molar-refractivity contribution < 1.29 is 0 Å². The Bertz CT molecular complexity index is 767. The lowest BCUT2D eigenvalue weighted by molar-refractivity contribution is 0.769. The van der Waals surface area contributed by atoms with Crippen LogP contribution in [0.2, 0.25) is 0 Å². The zero-order valence-electron chi connectivity index (χ0n) is 12.4. The summed E-state index contributed by atoms with van der Waals surface area (Å²) >= 11 is 1.70. The maximum atomic E-state index is 4.67. The second-order valence-corrected chi connectivity index (χ2v) is 6.22.